The summed E-state index contributed by atoms with van der Waals surface area (Å²) in [6, 6.07) is 3.25. The Kier molecular flexibility index (Phi) is 2.74. The van der Waals surface area contributed by atoms with Crippen LogP contribution in [0.25, 0.3) is 0 Å². The molecule has 1 aliphatic heterocycles. The van der Waals surface area contributed by atoms with E-state index in [2.05, 4.69) is 20.2 Å². The van der Waals surface area contributed by atoms with Gasteiger partial charge in [-0.15, -0.1) is 0 Å². The number of nitrogens with one attached hydrogen (secondary N) is 1. The predicted octanol–water partition coefficient (Wildman–Crippen LogP) is 1.20. The van der Waals surface area contributed by atoms with Gasteiger partial charge in [0.2, 0.25) is 5.95 Å². The van der Waals surface area contributed by atoms with E-state index in [9.17, 15) is 0 Å². The highest BCUT2D eigenvalue weighted by Crippen LogP contribution is 2.23. The molecule has 0 radical (unpaired) electrons. The van der Waals surface area contributed by atoms with E-state index >= 15 is 0 Å². The molecule has 1 aromatic rings. The molecule has 0 spiro atoms. The molecule has 0 amide bonds. The van der Waals surface area contributed by atoms with E-state index in [0.717, 1.165) is 25.1 Å². The van der Waals surface area contributed by atoms with Crippen LogP contribution in [0.3, 0.4) is 0 Å². The molecular formula is C12H18N4. The van der Waals surface area contributed by atoms with E-state index in [1.165, 1.54) is 25.7 Å². The molecular weight excluding hydrogens is 200 g/mol. The van der Waals surface area contributed by atoms with E-state index in [-0.39, 0.29) is 0 Å². The summed E-state index contributed by atoms with van der Waals surface area (Å²) in [6.45, 7) is 2.18. The largest absolute Gasteiger partial charge is 0.337 e. The van der Waals surface area contributed by atoms with Crippen LogP contribution in [0, 0.1) is 0 Å². The molecule has 0 aromatic carbocycles. The second-order valence-electron chi connectivity index (χ2n) is 4.72. The van der Waals surface area contributed by atoms with Crippen molar-refractivity contribution in [3.63, 3.8) is 0 Å². The van der Waals surface area contributed by atoms with Crippen LogP contribution in [-0.2, 0) is 0 Å². The molecule has 2 fully saturated rings. The number of anilines is 1. The molecule has 2 heterocycles. The second kappa shape index (κ2) is 4.37. The van der Waals surface area contributed by atoms with Crippen molar-refractivity contribution in [3.8, 4) is 0 Å². The first-order valence-electron chi connectivity index (χ1n) is 6.20. The highest BCUT2D eigenvalue weighted by molar-refractivity contribution is 5.32. The van der Waals surface area contributed by atoms with Crippen molar-refractivity contribution < 1.29 is 0 Å². The third kappa shape index (κ3) is 2.16. The molecule has 0 bridgehead atoms. The fourth-order valence-electron chi connectivity index (χ4n) is 2.34. The van der Waals surface area contributed by atoms with Gasteiger partial charge in [-0.1, -0.05) is 0 Å². The van der Waals surface area contributed by atoms with Crippen LogP contribution in [-0.4, -0.2) is 35.1 Å². The first-order valence-corrected chi connectivity index (χ1v) is 6.20. The van der Waals surface area contributed by atoms with Crippen molar-refractivity contribution in [3.05, 3.63) is 18.5 Å². The Labute approximate surface area is 96.1 Å². The standard InChI is InChI=1S/C12H18N4/c1-3-11(9-15-10-4-5-10)16(8-1)12-13-6-2-7-14-12/h2,6-7,10-11,15H,1,3-5,8-9H2. The smallest absolute Gasteiger partial charge is 0.225 e. The van der Waals surface area contributed by atoms with E-state index in [1.54, 1.807) is 0 Å². The fraction of sp³-hybridized carbons (Fsp3) is 0.667. The molecule has 1 aliphatic carbocycles. The zero-order valence-corrected chi connectivity index (χ0v) is 9.47. The topological polar surface area (TPSA) is 41.1 Å². The van der Waals surface area contributed by atoms with E-state index in [0.29, 0.717) is 6.04 Å². The summed E-state index contributed by atoms with van der Waals surface area (Å²) in [5, 5.41) is 3.60. The Bertz CT molecular complexity index is 336. The van der Waals surface area contributed by atoms with Crippen LogP contribution in [0.15, 0.2) is 18.5 Å². The summed E-state index contributed by atoms with van der Waals surface area (Å²) >= 11 is 0. The maximum Gasteiger partial charge on any atom is 0.225 e. The zero-order valence-electron chi connectivity index (χ0n) is 9.47. The molecule has 4 nitrogen and oxygen atoms in total. The Morgan fingerprint density at radius 3 is 2.81 bits per heavy atom. The molecule has 86 valence electrons. The number of rotatable bonds is 4. The van der Waals surface area contributed by atoms with Crippen molar-refractivity contribution in [2.75, 3.05) is 18.0 Å². The highest BCUT2D eigenvalue weighted by Gasteiger charge is 2.28. The minimum Gasteiger partial charge on any atom is -0.337 e. The van der Waals surface area contributed by atoms with Gasteiger partial charge in [0.25, 0.3) is 0 Å². The van der Waals surface area contributed by atoms with Gasteiger partial charge in [0.05, 0.1) is 0 Å². The van der Waals surface area contributed by atoms with Crippen molar-refractivity contribution in [1.29, 1.82) is 0 Å². The van der Waals surface area contributed by atoms with Gasteiger partial charge >= 0.3 is 0 Å². The van der Waals surface area contributed by atoms with Crippen molar-refractivity contribution in [2.24, 2.45) is 0 Å². The van der Waals surface area contributed by atoms with Gasteiger partial charge in [-0.2, -0.15) is 0 Å². The molecule has 1 N–H and O–H groups in total. The Hall–Kier alpha value is -1.16. The molecule has 3 rings (SSSR count). The Morgan fingerprint density at radius 2 is 2.06 bits per heavy atom. The molecule has 1 saturated heterocycles. The van der Waals surface area contributed by atoms with E-state index in [4.69, 9.17) is 0 Å². The SMILES string of the molecule is c1cnc(N2CCCC2CNC2CC2)nc1. The van der Waals surface area contributed by atoms with Crippen LogP contribution >= 0.6 is 0 Å². The van der Waals surface area contributed by atoms with Gasteiger partial charge in [-0.25, -0.2) is 9.97 Å². The lowest BCUT2D eigenvalue weighted by molar-refractivity contribution is 0.565. The third-order valence-corrected chi connectivity index (χ3v) is 3.41. The summed E-state index contributed by atoms with van der Waals surface area (Å²) in [5.41, 5.74) is 0. The lowest BCUT2D eigenvalue weighted by atomic mass is 10.2. The minimum atomic E-state index is 0.586. The van der Waals surface area contributed by atoms with Crippen LogP contribution < -0.4 is 10.2 Å². The summed E-state index contributed by atoms with van der Waals surface area (Å²) in [6.07, 6.45) is 8.88. The van der Waals surface area contributed by atoms with Crippen LogP contribution in [0.4, 0.5) is 5.95 Å². The molecule has 1 atom stereocenters. The van der Waals surface area contributed by atoms with Gasteiger partial charge < -0.3 is 10.2 Å². The van der Waals surface area contributed by atoms with Crippen molar-refractivity contribution >= 4 is 5.95 Å². The van der Waals surface area contributed by atoms with Gasteiger partial charge in [0.15, 0.2) is 0 Å². The maximum absolute atomic E-state index is 4.34. The lowest BCUT2D eigenvalue weighted by Crippen LogP contribution is -2.39. The average Bonchev–Trinajstić information content (AvgIpc) is 3.05. The average molecular weight is 218 g/mol. The summed E-state index contributed by atoms with van der Waals surface area (Å²) < 4.78 is 0. The third-order valence-electron chi connectivity index (χ3n) is 3.41. The summed E-state index contributed by atoms with van der Waals surface area (Å²) in [7, 11) is 0. The van der Waals surface area contributed by atoms with E-state index in [1.807, 2.05) is 18.5 Å². The van der Waals surface area contributed by atoms with Crippen molar-refractivity contribution in [1.82, 2.24) is 15.3 Å². The molecule has 1 saturated carbocycles. The lowest BCUT2D eigenvalue weighted by Gasteiger charge is -2.24. The first-order chi connectivity index (χ1) is 7.93. The molecule has 2 aliphatic rings. The number of aromatic nitrogens is 2. The zero-order chi connectivity index (χ0) is 10.8. The monoisotopic (exact) mass is 218 g/mol. The van der Waals surface area contributed by atoms with Gasteiger partial charge in [-0.3, -0.25) is 0 Å². The molecule has 4 heteroatoms. The number of nitrogens with zero attached hydrogens (tertiary/aromatic N) is 3. The number of hydrogen-bond acceptors (Lipinski definition) is 4. The number of hydrogen-bond donors (Lipinski definition) is 1. The second-order valence-corrected chi connectivity index (χ2v) is 4.72. The normalized spacial score (nSPS) is 25.0. The van der Waals surface area contributed by atoms with Crippen LogP contribution in [0.1, 0.15) is 25.7 Å². The van der Waals surface area contributed by atoms with E-state index < -0.39 is 0 Å². The quantitative estimate of drug-likeness (QED) is 0.824. The van der Waals surface area contributed by atoms with Gasteiger partial charge in [-0.05, 0) is 31.7 Å². The molecule has 1 unspecified atom stereocenters. The predicted molar refractivity (Wildman–Crippen MR) is 63.4 cm³/mol. The first kappa shape index (κ1) is 10.0. The maximum atomic E-state index is 4.34. The van der Waals surface area contributed by atoms with Crippen molar-refractivity contribution in [2.45, 2.75) is 37.8 Å². The summed E-state index contributed by atoms with van der Waals surface area (Å²) in [5.74, 6) is 0.891. The van der Waals surface area contributed by atoms with Gasteiger partial charge in [0.1, 0.15) is 0 Å². The Balaban J connectivity index is 1.63. The Morgan fingerprint density at radius 1 is 1.25 bits per heavy atom. The minimum absolute atomic E-state index is 0.586. The molecule has 1 aromatic heterocycles. The summed E-state index contributed by atoms with van der Waals surface area (Å²) in [4.78, 5) is 11.0. The molecule has 16 heavy (non-hydrogen) atoms. The fourth-order valence-corrected chi connectivity index (χ4v) is 2.34. The van der Waals surface area contributed by atoms with Gasteiger partial charge in [0, 0.05) is 37.6 Å². The van der Waals surface area contributed by atoms with Crippen LogP contribution in [0.2, 0.25) is 0 Å². The highest BCUT2D eigenvalue weighted by atomic mass is 15.3. The van der Waals surface area contributed by atoms with Crippen LogP contribution in [0.5, 0.6) is 0 Å².